The first kappa shape index (κ1) is 27.3. The summed E-state index contributed by atoms with van der Waals surface area (Å²) >= 11 is 1.98. The smallest absolute Gasteiger partial charge is 0.224 e. The van der Waals surface area contributed by atoms with Gasteiger partial charge in [0, 0.05) is 31.2 Å². The maximum atomic E-state index is 2.63. The second-order valence-electron chi connectivity index (χ2n) is 13.3. The number of imidazole rings is 1. The van der Waals surface area contributed by atoms with Crippen LogP contribution < -0.4 is 4.57 Å². The largest absolute Gasteiger partial charge is 0.294 e. The Morgan fingerprint density at radius 1 is 0.850 bits per heavy atom. The highest BCUT2D eigenvalue weighted by Gasteiger charge is 2.55. The molecule has 0 saturated heterocycles. The Morgan fingerprint density at radius 3 is 2.23 bits per heavy atom. The van der Waals surface area contributed by atoms with Crippen LogP contribution in [0.2, 0.25) is 0 Å². The Hall–Kier alpha value is -2.91. The lowest BCUT2D eigenvalue weighted by Crippen LogP contribution is -2.67. The van der Waals surface area contributed by atoms with Crippen LogP contribution in [0.15, 0.2) is 67.0 Å². The predicted molar refractivity (Wildman–Crippen MR) is 173 cm³/mol. The van der Waals surface area contributed by atoms with E-state index in [0.29, 0.717) is 11.8 Å². The Balaban J connectivity index is 1.77. The summed E-state index contributed by atoms with van der Waals surface area (Å²) < 4.78 is 8.04. The molecule has 2 nitrogen and oxygen atoms in total. The third-order valence-corrected chi connectivity index (χ3v) is 11.2. The molecule has 3 heterocycles. The number of hydrogen-bond acceptors (Lipinski definition) is 1. The Morgan fingerprint density at radius 2 is 1.52 bits per heavy atom. The molecule has 1 aliphatic heterocycles. The average Bonchev–Trinajstić information content (AvgIpc) is 3.54. The van der Waals surface area contributed by atoms with Crippen molar-refractivity contribution < 1.29 is 4.57 Å². The van der Waals surface area contributed by atoms with Crippen molar-refractivity contribution in [2.45, 2.75) is 92.0 Å². The maximum Gasteiger partial charge on any atom is 0.294 e. The molecule has 0 bridgehead atoms. The van der Waals surface area contributed by atoms with Crippen molar-refractivity contribution in [3.8, 4) is 17.1 Å². The SMILES string of the molecule is CCC1(C)c2ccccc2-c2n(-c3c(CC(C)C)cc(CC(C)C)c4sc5ccccc5c34)cc[n+]2C1(C)CC. The van der Waals surface area contributed by atoms with Crippen LogP contribution in [0.1, 0.15) is 84.9 Å². The molecule has 0 amide bonds. The fourth-order valence-electron chi connectivity index (χ4n) is 7.55. The summed E-state index contributed by atoms with van der Waals surface area (Å²) in [6, 6.07) is 20.8. The van der Waals surface area contributed by atoms with Crippen molar-refractivity contribution in [1.29, 1.82) is 0 Å². The molecule has 0 spiro atoms. The molecule has 2 atom stereocenters. The van der Waals surface area contributed by atoms with Crippen molar-refractivity contribution in [3.05, 3.63) is 83.7 Å². The number of nitrogens with zero attached hydrogens (tertiary/aromatic N) is 2. The van der Waals surface area contributed by atoms with E-state index in [9.17, 15) is 0 Å². The summed E-state index contributed by atoms with van der Waals surface area (Å²) in [5, 5.41) is 2.83. The first-order valence-corrected chi connectivity index (χ1v) is 16.2. The lowest BCUT2D eigenvalue weighted by molar-refractivity contribution is -0.764. The summed E-state index contributed by atoms with van der Waals surface area (Å²) in [5.74, 6) is 2.51. The lowest BCUT2D eigenvalue weighted by Gasteiger charge is -2.47. The Labute approximate surface area is 244 Å². The molecule has 0 fully saturated rings. The molecular weight excluding hydrogens is 504 g/mol. The number of benzene rings is 3. The van der Waals surface area contributed by atoms with E-state index in [1.165, 1.54) is 53.9 Å². The molecule has 0 saturated carbocycles. The molecule has 0 aliphatic carbocycles. The van der Waals surface area contributed by atoms with Crippen molar-refractivity contribution in [3.63, 3.8) is 0 Å². The minimum atomic E-state index is -0.0255. The van der Waals surface area contributed by atoms with Gasteiger partial charge in [-0.25, -0.2) is 4.57 Å². The highest BCUT2D eigenvalue weighted by atomic mass is 32.1. The number of fused-ring (bicyclic) bond motifs is 6. The molecule has 5 aromatic rings. The van der Waals surface area contributed by atoms with E-state index in [-0.39, 0.29) is 11.0 Å². The minimum absolute atomic E-state index is 0.0255. The fraction of sp³-hybridized carbons (Fsp3) is 0.432. The number of hydrogen-bond donors (Lipinski definition) is 0. The zero-order chi connectivity index (χ0) is 28.4. The first-order chi connectivity index (χ1) is 19.1. The first-order valence-electron chi connectivity index (χ1n) is 15.3. The van der Waals surface area contributed by atoms with Gasteiger partial charge in [0.1, 0.15) is 23.6 Å². The topological polar surface area (TPSA) is 8.81 Å². The van der Waals surface area contributed by atoms with Gasteiger partial charge < -0.3 is 0 Å². The van der Waals surface area contributed by atoms with Gasteiger partial charge in [-0.3, -0.25) is 0 Å². The standard InChI is InChI=1S/C37H45N2S/c1-9-36(7)30-17-13-11-15-28(30)35-38(19-20-39(35)37(36,8)10-2)33-26(21-24(3)4)23-27(22-25(5)6)34-32(33)29-16-12-14-18-31(29)40-34/h11-20,23-25H,9-10,21-22H2,1-8H3/q+1. The fourth-order valence-corrected chi connectivity index (χ4v) is 8.78. The highest BCUT2D eigenvalue weighted by Crippen LogP contribution is 2.51. The molecule has 3 heteroatoms. The van der Waals surface area contributed by atoms with Crippen LogP contribution in [0.4, 0.5) is 0 Å². The van der Waals surface area contributed by atoms with Gasteiger partial charge in [0.2, 0.25) is 0 Å². The van der Waals surface area contributed by atoms with E-state index in [1.54, 1.807) is 0 Å². The van der Waals surface area contributed by atoms with E-state index in [1.807, 2.05) is 11.3 Å². The Bertz CT molecular complexity index is 1720. The van der Waals surface area contributed by atoms with Gasteiger partial charge in [0.05, 0.1) is 5.56 Å². The molecule has 2 unspecified atom stereocenters. The van der Waals surface area contributed by atoms with E-state index < -0.39 is 0 Å². The van der Waals surface area contributed by atoms with Gasteiger partial charge >= 0.3 is 0 Å². The molecule has 40 heavy (non-hydrogen) atoms. The van der Waals surface area contributed by atoms with Crippen LogP contribution in [0.5, 0.6) is 0 Å². The van der Waals surface area contributed by atoms with Crippen LogP contribution in [0, 0.1) is 11.8 Å². The molecule has 0 N–H and O–H groups in total. The van der Waals surface area contributed by atoms with E-state index in [0.717, 1.165) is 25.7 Å². The summed E-state index contributed by atoms with van der Waals surface area (Å²) in [6.07, 6.45) is 9.11. The van der Waals surface area contributed by atoms with E-state index in [4.69, 9.17) is 0 Å². The number of rotatable bonds is 7. The zero-order valence-electron chi connectivity index (χ0n) is 25.6. The Kier molecular flexibility index (Phi) is 6.73. The van der Waals surface area contributed by atoms with E-state index in [2.05, 4.69) is 132 Å². The van der Waals surface area contributed by atoms with Crippen LogP contribution in [-0.2, 0) is 23.8 Å². The lowest BCUT2D eigenvalue weighted by atomic mass is 9.61. The van der Waals surface area contributed by atoms with Crippen LogP contribution in [0.3, 0.4) is 0 Å². The van der Waals surface area contributed by atoms with Gasteiger partial charge in [-0.05, 0) is 67.7 Å². The minimum Gasteiger partial charge on any atom is -0.224 e. The van der Waals surface area contributed by atoms with Crippen LogP contribution in [0.25, 0.3) is 37.2 Å². The van der Waals surface area contributed by atoms with Crippen LogP contribution in [-0.4, -0.2) is 4.57 Å². The van der Waals surface area contributed by atoms with Gasteiger partial charge in [-0.2, -0.15) is 4.57 Å². The summed E-state index contributed by atoms with van der Waals surface area (Å²) in [5.41, 5.74) is 7.25. The van der Waals surface area contributed by atoms with Crippen LogP contribution >= 0.6 is 11.3 Å². The second kappa shape index (κ2) is 9.87. The van der Waals surface area contributed by atoms with Crippen molar-refractivity contribution in [2.75, 3.05) is 0 Å². The molecule has 208 valence electrons. The molecule has 0 radical (unpaired) electrons. The van der Waals surface area contributed by atoms with Gasteiger partial charge in [0.25, 0.3) is 5.82 Å². The summed E-state index contributed by atoms with van der Waals surface area (Å²) in [4.78, 5) is 0. The number of aromatic nitrogens is 2. The third-order valence-electron chi connectivity index (χ3n) is 9.97. The maximum absolute atomic E-state index is 2.63. The number of thiophene rings is 1. The summed E-state index contributed by atoms with van der Waals surface area (Å²) in [7, 11) is 0. The monoisotopic (exact) mass is 549 g/mol. The van der Waals surface area contributed by atoms with Crippen molar-refractivity contribution >= 4 is 31.5 Å². The molecule has 6 rings (SSSR count). The normalized spacial score (nSPS) is 20.6. The van der Waals surface area contributed by atoms with Gasteiger partial charge in [0.15, 0.2) is 0 Å². The third kappa shape index (κ3) is 3.84. The predicted octanol–water partition coefficient (Wildman–Crippen LogP) is 10.0. The molecule has 3 aromatic carbocycles. The second-order valence-corrected chi connectivity index (χ2v) is 14.3. The van der Waals surface area contributed by atoms with Crippen molar-refractivity contribution in [2.24, 2.45) is 11.8 Å². The molecule has 2 aromatic heterocycles. The average molecular weight is 550 g/mol. The van der Waals surface area contributed by atoms with E-state index >= 15 is 0 Å². The molecular formula is C37H45N2S+. The van der Waals surface area contributed by atoms with Crippen molar-refractivity contribution in [1.82, 2.24) is 4.57 Å². The quantitative estimate of drug-likeness (QED) is 0.179. The summed E-state index contributed by atoms with van der Waals surface area (Å²) in [6.45, 7) is 19.1. The zero-order valence-corrected chi connectivity index (χ0v) is 26.5. The van der Waals surface area contributed by atoms with Gasteiger partial charge in [-0.1, -0.05) is 90.9 Å². The highest BCUT2D eigenvalue weighted by molar-refractivity contribution is 7.26. The van der Waals surface area contributed by atoms with Gasteiger partial charge in [-0.15, -0.1) is 11.3 Å². The molecule has 1 aliphatic rings.